The Balaban J connectivity index is 1.36. The molecule has 0 aromatic heterocycles. The Morgan fingerprint density at radius 3 is 2.34 bits per heavy atom. The van der Waals surface area contributed by atoms with Crippen LogP contribution in [0.3, 0.4) is 0 Å². The van der Waals surface area contributed by atoms with Gasteiger partial charge in [-0.2, -0.15) is 0 Å². The second-order valence-corrected chi connectivity index (χ2v) is 11.6. The summed E-state index contributed by atoms with van der Waals surface area (Å²) in [6.07, 6.45) is 4.75. The van der Waals surface area contributed by atoms with Gasteiger partial charge in [0.05, 0.1) is 5.69 Å². The first-order valence-corrected chi connectivity index (χ1v) is 14.0. The number of urea groups is 1. The SMILES string of the molecule is C=Nc1cccc(-c2ccc(C3(CN(C)C(=O)Nc4cc(Cl)cc(Cl)c4)CCN(CC4CC4)CC3)cc2)c1. The van der Waals surface area contributed by atoms with Crippen LogP contribution in [0.15, 0.2) is 71.7 Å². The first kappa shape index (κ1) is 26.7. The van der Waals surface area contributed by atoms with E-state index < -0.39 is 0 Å². The van der Waals surface area contributed by atoms with Gasteiger partial charge in [-0.1, -0.05) is 59.6 Å². The molecule has 0 atom stereocenters. The molecule has 1 aliphatic heterocycles. The van der Waals surface area contributed by atoms with E-state index in [1.54, 1.807) is 23.1 Å². The summed E-state index contributed by atoms with van der Waals surface area (Å²) in [5.41, 5.74) is 4.86. The summed E-state index contributed by atoms with van der Waals surface area (Å²) < 4.78 is 0. The highest BCUT2D eigenvalue weighted by Crippen LogP contribution is 2.39. The smallest absolute Gasteiger partial charge is 0.321 e. The van der Waals surface area contributed by atoms with Gasteiger partial charge in [0.2, 0.25) is 0 Å². The fourth-order valence-electron chi connectivity index (χ4n) is 5.54. The highest BCUT2D eigenvalue weighted by molar-refractivity contribution is 6.35. The van der Waals surface area contributed by atoms with Gasteiger partial charge in [-0.15, -0.1) is 0 Å². The summed E-state index contributed by atoms with van der Waals surface area (Å²) in [6, 6.07) is 21.8. The van der Waals surface area contributed by atoms with Crippen molar-refractivity contribution in [3.8, 4) is 11.1 Å². The number of carbonyl (C=O) groups is 1. The molecule has 1 saturated carbocycles. The summed E-state index contributed by atoms with van der Waals surface area (Å²) >= 11 is 12.3. The van der Waals surface area contributed by atoms with Crippen LogP contribution >= 0.6 is 23.2 Å². The minimum absolute atomic E-state index is 0.124. The molecule has 5 nitrogen and oxygen atoms in total. The van der Waals surface area contributed by atoms with E-state index in [0.29, 0.717) is 22.3 Å². The number of rotatable bonds is 8. The number of nitrogens with zero attached hydrogens (tertiary/aromatic N) is 3. The third-order valence-corrected chi connectivity index (χ3v) is 8.32. The Morgan fingerprint density at radius 2 is 1.71 bits per heavy atom. The Kier molecular flexibility index (Phi) is 8.08. The van der Waals surface area contributed by atoms with Gasteiger partial charge >= 0.3 is 6.03 Å². The molecule has 1 aliphatic carbocycles. The largest absolute Gasteiger partial charge is 0.327 e. The van der Waals surface area contributed by atoms with Crippen LogP contribution in [0.4, 0.5) is 16.2 Å². The number of likely N-dealkylation sites (N-methyl/N-ethyl adjacent to an activating group) is 1. The molecule has 1 saturated heterocycles. The first-order valence-electron chi connectivity index (χ1n) is 13.2. The second kappa shape index (κ2) is 11.5. The van der Waals surface area contributed by atoms with Gasteiger partial charge < -0.3 is 15.1 Å². The molecule has 3 aromatic rings. The standard InChI is InChI=1S/C31H34Cl2N4O/c1-34-28-5-3-4-24(16-28)23-8-10-25(11-9-23)31(12-14-37(15-13-31)20-22-6-7-22)21-36(2)30(38)35-29-18-26(32)17-27(33)19-29/h3-5,8-11,16-19,22H,1,6-7,12-15,20-21H2,2H3,(H,35,38). The summed E-state index contributed by atoms with van der Waals surface area (Å²) in [5, 5.41) is 3.94. The van der Waals surface area contributed by atoms with E-state index in [1.165, 1.54) is 24.9 Å². The third-order valence-electron chi connectivity index (χ3n) is 7.89. The Bertz CT molecular complexity index is 1280. The fourth-order valence-corrected chi connectivity index (χ4v) is 6.06. The van der Waals surface area contributed by atoms with Crippen molar-refractivity contribution >= 4 is 47.3 Å². The predicted molar refractivity (Wildman–Crippen MR) is 159 cm³/mol. The maximum absolute atomic E-state index is 13.2. The topological polar surface area (TPSA) is 47.9 Å². The number of hydrogen-bond donors (Lipinski definition) is 1. The van der Waals surface area contributed by atoms with Gasteiger partial charge in [0.25, 0.3) is 0 Å². The zero-order chi connectivity index (χ0) is 26.7. The minimum atomic E-state index is -0.173. The van der Waals surface area contributed by atoms with Crippen LogP contribution in [0.2, 0.25) is 10.0 Å². The number of anilines is 1. The minimum Gasteiger partial charge on any atom is -0.327 e. The first-order chi connectivity index (χ1) is 18.3. The maximum Gasteiger partial charge on any atom is 0.321 e. The van der Waals surface area contributed by atoms with Crippen LogP contribution in [0.1, 0.15) is 31.2 Å². The maximum atomic E-state index is 13.2. The van der Waals surface area contributed by atoms with E-state index in [9.17, 15) is 4.79 Å². The molecule has 2 aliphatic rings. The van der Waals surface area contributed by atoms with Crippen molar-refractivity contribution in [3.63, 3.8) is 0 Å². The molecule has 0 spiro atoms. The van der Waals surface area contributed by atoms with Crippen molar-refractivity contribution in [1.29, 1.82) is 0 Å². The number of likely N-dealkylation sites (tertiary alicyclic amines) is 1. The van der Waals surface area contributed by atoms with Crippen molar-refractivity contribution in [1.82, 2.24) is 9.80 Å². The van der Waals surface area contributed by atoms with E-state index >= 15 is 0 Å². The third kappa shape index (κ3) is 6.40. The summed E-state index contributed by atoms with van der Waals surface area (Å²) in [5.74, 6) is 0.876. The number of amides is 2. The van der Waals surface area contributed by atoms with Crippen LogP contribution < -0.4 is 5.32 Å². The summed E-state index contributed by atoms with van der Waals surface area (Å²) in [4.78, 5) is 21.7. The monoisotopic (exact) mass is 548 g/mol. The van der Waals surface area contributed by atoms with Crippen molar-refractivity contribution in [2.75, 3.05) is 38.5 Å². The lowest BCUT2D eigenvalue weighted by atomic mass is 9.72. The normalized spacial score (nSPS) is 17.1. The van der Waals surface area contributed by atoms with Crippen LogP contribution in [0, 0.1) is 5.92 Å². The number of benzene rings is 3. The summed E-state index contributed by atoms with van der Waals surface area (Å²) in [6.45, 7) is 7.57. The molecule has 2 fully saturated rings. The molecule has 7 heteroatoms. The molecule has 0 radical (unpaired) electrons. The molecule has 3 aromatic carbocycles. The summed E-state index contributed by atoms with van der Waals surface area (Å²) in [7, 11) is 1.86. The molecule has 0 bridgehead atoms. The zero-order valence-electron chi connectivity index (χ0n) is 21.8. The lowest BCUT2D eigenvalue weighted by molar-refractivity contribution is 0.129. The highest BCUT2D eigenvalue weighted by atomic mass is 35.5. The van der Waals surface area contributed by atoms with Crippen molar-refractivity contribution in [2.45, 2.75) is 31.1 Å². The Morgan fingerprint density at radius 1 is 1.03 bits per heavy atom. The van der Waals surface area contributed by atoms with E-state index in [-0.39, 0.29) is 11.4 Å². The van der Waals surface area contributed by atoms with E-state index in [4.69, 9.17) is 23.2 Å². The number of piperidine rings is 1. The number of carbonyl (C=O) groups excluding carboxylic acids is 1. The van der Waals surface area contributed by atoms with Gasteiger partial charge in [-0.25, -0.2) is 4.79 Å². The van der Waals surface area contributed by atoms with Gasteiger partial charge in [-0.3, -0.25) is 4.99 Å². The number of halogens is 2. The average Bonchev–Trinajstić information content (AvgIpc) is 3.73. The average molecular weight is 550 g/mol. The second-order valence-electron chi connectivity index (χ2n) is 10.8. The Hall–Kier alpha value is -2.86. The molecule has 5 rings (SSSR count). The highest BCUT2D eigenvalue weighted by Gasteiger charge is 2.39. The molecular weight excluding hydrogens is 515 g/mol. The number of hydrogen-bond acceptors (Lipinski definition) is 3. The lowest BCUT2D eigenvalue weighted by Crippen LogP contribution is -2.50. The van der Waals surface area contributed by atoms with Crippen molar-refractivity contribution in [2.24, 2.45) is 10.9 Å². The number of nitrogens with one attached hydrogen (secondary N) is 1. The quantitative estimate of drug-likeness (QED) is 0.291. The molecule has 38 heavy (non-hydrogen) atoms. The lowest BCUT2D eigenvalue weighted by Gasteiger charge is -2.44. The fraction of sp³-hybridized carbons (Fsp3) is 0.355. The van der Waals surface area contributed by atoms with Crippen LogP contribution in [0.5, 0.6) is 0 Å². The Labute approximate surface area is 235 Å². The van der Waals surface area contributed by atoms with Crippen molar-refractivity contribution < 1.29 is 4.79 Å². The van der Waals surface area contributed by atoms with E-state index in [2.05, 4.69) is 52.3 Å². The molecule has 1 N–H and O–H groups in total. The molecule has 198 valence electrons. The van der Waals surface area contributed by atoms with E-state index in [0.717, 1.165) is 48.7 Å². The van der Waals surface area contributed by atoms with E-state index in [1.807, 2.05) is 25.2 Å². The zero-order valence-corrected chi connectivity index (χ0v) is 23.3. The number of aliphatic imine (C=N–C) groups is 1. The van der Waals surface area contributed by atoms with Crippen LogP contribution in [0.25, 0.3) is 11.1 Å². The van der Waals surface area contributed by atoms with Gasteiger partial charge in [-0.05, 0) is 98.4 Å². The molecular formula is C31H34Cl2N4O. The molecule has 2 amide bonds. The van der Waals surface area contributed by atoms with Crippen molar-refractivity contribution in [3.05, 3.63) is 82.3 Å². The predicted octanol–water partition coefficient (Wildman–Crippen LogP) is 7.90. The van der Waals surface area contributed by atoms with Crippen LogP contribution in [-0.2, 0) is 5.41 Å². The van der Waals surface area contributed by atoms with Gasteiger partial charge in [0.1, 0.15) is 0 Å². The van der Waals surface area contributed by atoms with Gasteiger partial charge in [0, 0.05) is 41.3 Å². The van der Waals surface area contributed by atoms with Crippen LogP contribution in [-0.4, -0.2) is 55.8 Å². The molecule has 0 unspecified atom stereocenters. The molecule has 1 heterocycles. The van der Waals surface area contributed by atoms with Gasteiger partial charge in [0.15, 0.2) is 0 Å².